The van der Waals surface area contributed by atoms with Gasteiger partial charge >= 0.3 is 0 Å². The normalized spacial score (nSPS) is 14.3. The molecule has 0 saturated carbocycles. The molecule has 0 aliphatic heterocycles. The molecule has 0 aliphatic rings. The van der Waals surface area contributed by atoms with Gasteiger partial charge in [-0.05, 0) is 23.8 Å². The van der Waals surface area contributed by atoms with Crippen molar-refractivity contribution >= 4 is 33.1 Å². The SMILES string of the molecule is C=C/S(=C\C=C(/C)N)c1c(C(=O)NCC(O)CO)cn2ncnc(N)c12. The van der Waals surface area contributed by atoms with Gasteiger partial charge in [-0.15, -0.1) is 10.5 Å². The maximum absolute atomic E-state index is 12.6. The summed E-state index contributed by atoms with van der Waals surface area (Å²) in [7, 11) is -0.688. The number of rotatable bonds is 7. The molecule has 1 amide bonds. The molecule has 140 valence electrons. The number of nitrogens with two attached hydrogens (primary N) is 2. The van der Waals surface area contributed by atoms with Crippen LogP contribution >= 0.6 is 10.5 Å². The van der Waals surface area contributed by atoms with E-state index in [9.17, 15) is 9.90 Å². The van der Waals surface area contributed by atoms with E-state index in [0.717, 1.165) is 0 Å². The summed E-state index contributed by atoms with van der Waals surface area (Å²) in [6.07, 6.45) is 3.52. The summed E-state index contributed by atoms with van der Waals surface area (Å²) in [4.78, 5) is 17.2. The van der Waals surface area contributed by atoms with Crippen molar-refractivity contribution in [2.45, 2.75) is 17.9 Å². The second kappa shape index (κ2) is 8.61. The summed E-state index contributed by atoms with van der Waals surface area (Å²) in [6.45, 7) is 5.05. The minimum atomic E-state index is -1.05. The zero-order chi connectivity index (χ0) is 19.3. The Kier molecular flexibility index (Phi) is 6.50. The van der Waals surface area contributed by atoms with Crippen LogP contribution in [0.15, 0.2) is 41.2 Å². The molecule has 0 bridgehead atoms. The molecule has 0 spiro atoms. The van der Waals surface area contributed by atoms with Crippen LogP contribution in [0.25, 0.3) is 5.52 Å². The fourth-order valence-corrected chi connectivity index (χ4v) is 3.76. The van der Waals surface area contributed by atoms with Crippen molar-refractivity contribution in [2.75, 3.05) is 18.9 Å². The second-order valence-corrected chi connectivity index (χ2v) is 7.20. The first kappa shape index (κ1) is 19.6. The van der Waals surface area contributed by atoms with Crippen molar-refractivity contribution in [3.8, 4) is 0 Å². The number of carbonyl (C=O) groups is 1. The fourth-order valence-electron chi connectivity index (χ4n) is 2.16. The van der Waals surface area contributed by atoms with Gasteiger partial charge in [-0.3, -0.25) is 4.79 Å². The molecular formula is C16H22N6O3S. The molecule has 2 atom stereocenters. The predicted molar refractivity (Wildman–Crippen MR) is 103 cm³/mol. The Labute approximate surface area is 153 Å². The number of hydrogen-bond donors (Lipinski definition) is 5. The van der Waals surface area contributed by atoms with Crippen LogP contribution in [-0.2, 0) is 0 Å². The van der Waals surface area contributed by atoms with Crippen molar-refractivity contribution < 1.29 is 15.0 Å². The van der Waals surface area contributed by atoms with Gasteiger partial charge in [-0.1, -0.05) is 6.58 Å². The largest absolute Gasteiger partial charge is 0.402 e. The topological polar surface area (TPSA) is 152 Å². The van der Waals surface area contributed by atoms with Gasteiger partial charge in [0.25, 0.3) is 5.91 Å². The Morgan fingerprint density at radius 1 is 1.58 bits per heavy atom. The maximum atomic E-state index is 12.6. The molecule has 26 heavy (non-hydrogen) atoms. The molecule has 2 aromatic heterocycles. The van der Waals surface area contributed by atoms with Gasteiger partial charge < -0.3 is 27.0 Å². The van der Waals surface area contributed by atoms with E-state index in [0.29, 0.717) is 21.7 Å². The average molecular weight is 378 g/mol. The standard InChI is InChI=1S/C16H22N6O3S/c1-3-26(5-4-10(2)17)14-12(16(25)19-6-11(24)8-23)7-22-13(14)15(18)20-9-21-22/h3-5,7,9,11,23-24H,1,6,8,17H2,2H3,(H,19,25)(H2,18,20,21)/b10-4+. The van der Waals surface area contributed by atoms with Crippen molar-refractivity contribution in [2.24, 2.45) is 5.73 Å². The van der Waals surface area contributed by atoms with E-state index in [1.807, 2.05) is 5.37 Å². The highest BCUT2D eigenvalue weighted by atomic mass is 32.2. The number of amides is 1. The van der Waals surface area contributed by atoms with Gasteiger partial charge in [-0.25, -0.2) is 9.50 Å². The van der Waals surface area contributed by atoms with E-state index in [-0.39, 0.29) is 12.4 Å². The van der Waals surface area contributed by atoms with E-state index in [1.54, 1.807) is 24.6 Å². The highest BCUT2D eigenvalue weighted by Gasteiger charge is 2.21. The number of hydrogen-bond acceptors (Lipinski definition) is 7. The third-order valence-corrected chi connectivity index (χ3v) is 5.08. The third-order valence-electron chi connectivity index (χ3n) is 3.40. The lowest BCUT2D eigenvalue weighted by molar-refractivity contribution is 0.0800. The van der Waals surface area contributed by atoms with Crippen LogP contribution in [0.2, 0.25) is 0 Å². The summed E-state index contributed by atoms with van der Waals surface area (Å²) in [5.74, 6) is -0.204. The molecule has 0 aliphatic carbocycles. The minimum absolute atomic E-state index is 0.0878. The molecule has 9 nitrogen and oxygen atoms in total. The van der Waals surface area contributed by atoms with E-state index in [4.69, 9.17) is 16.6 Å². The van der Waals surface area contributed by atoms with Gasteiger partial charge in [0, 0.05) is 23.3 Å². The first-order valence-electron chi connectivity index (χ1n) is 7.69. The number of aromatic nitrogens is 3. The van der Waals surface area contributed by atoms with Gasteiger partial charge in [0.1, 0.15) is 11.8 Å². The monoisotopic (exact) mass is 378 g/mol. The van der Waals surface area contributed by atoms with Crippen LogP contribution in [0.1, 0.15) is 17.3 Å². The number of nitrogens with zero attached hydrogens (tertiary/aromatic N) is 3. The first-order valence-corrected chi connectivity index (χ1v) is 9.04. The lowest BCUT2D eigenvalue weighted by atomic mass is 10.3. The molecule has 2 aromatic rings. The number of nitrogen functional groups attached to an aromatic ring is 1. The van der Waals surface area contributed by atoms with Crippen molar-refractivity contribution in [1.29, 1.82) is 0 Å². The Hall–Kier alpha value is -2.69. The van der Waals surface area contributed by atoms with Gasteiger partial charge in [0.05, 0.1) is 18.3 Å². The molecule has 7 N–H and O–H groups in total. The lowest BCUT2D eigenvalue weighted by Gasteiger charge is -2.10. The van der Waals surface area contributed by atoms with Gasteiger partial charge in [0.15, 0.2) is 5.82 Å². The van der Waals surface area contributed by atoms with Crippen LogP contribution in [0.3, 0.4) is 0 Å². The van der Waals surface area contributed by atoms with E-state index in [2.05, 4.69) is 22.0 Å². The number of aliphatic hydroxyl groups excluding tert-OH is 2. The van der Waals surface area contributed by atoms with Crippen LogP contribution in [0.5, 0.6) is 0 Å². The van der Waals surface area contributed by atoms with Crippen LogP contribution in [0.4, 0.5) is 5.82 Å². The van der Waals surface area contributed by atoms with E-state index >= 15 is 0 Å². The Morgan fingerprint density at radius 2 is 2.31 bits per heavy atom. The van der Waals surface area contributed by atoms with Crippen LogP contribution < -0.4 is 16.8 Å². The molecule has 2 heterocycles. The van der Waals surface area contributed by atoms with Crippen molar-refractivity contribution in [3.63, 3.8) is 0 Å². The van der Waals surface area contributed by atoms with Gasteiger partial charge in [-0.2, -0.15) is 5.10 Å². The predicted octanol–water partition coefficient (Wildman–Crippen LogP) is -0.169. The van der Waals surface area contributed by atoms with Crippen molar-refractivity contribution in [3.05, 3.63) is 41.8 Å². The maximum Gasteiger partial charge on any atom is 0.254 e. The number of carbonyl (C=O) groups excluding carboxylic acids is 1. The van der Waals surface area contributed by atoms with E-state index in [1.165, 1.54) is 10.8 Å². The highest BCUT2D eigenvalue weighted by molar-refractivity contribution is 8.18. The molecule has 0 fully saturated rings. The summed E-state index contributed by atoms with van der Waals surface area (Å²) in [5.41, 5.74) is 13.1. The molecule has 0 aromatic carbocycles. The van der Waals surface area contributed by atoms with Crippen molar-refractivity contribution in [1.82, 2.24) is 19.9 Å². The summed E-state index contributed by atoms with van der Waals surface area (Å²) in [6, 6.07) is 0. The third kappa shape index (κ3) is 4.28. The fraction of sp³-hybridized carbons (Fsp3) is 0.250. The average Bonchev–Trinajstić information content (AvgIpc) is 3.00. The quantitative estimate of drug-likeness (QED) is 0.331. The summed E-state index contributed by atoms with van der Waals surface area (Å²) < 4.78 is 1.48. The van der Waals surface area contributed by atoms with Crippen LogP contribution in [-0.4, -0.2) is 55.3 Å². The Balaban J connectivity index is 2.61. The minimum Gasteiger partial charge on any atom is -0.402 e. The first-order chi connectivity index (χ1) is 12.4. The highest BCUT2D eigenvalue weighted by Crippen LogP contribution is 2.37. The Bertz CT molecular complexity index is 885. The number of nitrogens with one attached hydrogen (secondary N) is 1. The van der Waals surface area contributed by atoms with E-state index < -0.39 is 29.1 Å². The summed E-state index contributed by atoms with van der Waals surface area (Å²) >= 11 is 0. The van der Waals surface area contributed by atoms with Crippen LogP contribution in [0, 0.1) is 0 Å². The molecule has 2 unspecified atom stereocenters. The van der Waals surface area contributed by atoms with Gasteiger partial charge in [0.2, 0.25) is 0 Å². The molecule has 0 radical (unpaired) electrons. The Morgan fingerprint density at radius 3 is 2.92 bits per heavy atom. The zero-order valence-corrected chi connectivity index (χ0v) is 15.1. The molecule has 0 saturated heterocycles. The number of allylic oxidation sites excluding steroid dienone is 2. The smallest absolute Gasteiger partial charge is 0.254 e. The molecular weight excluding hydrogens is 356 g/mol. The molecule has 2 rings (SSSR count). The number of aliphatic hydroxyl groups is 2. The second-order valence-electron chi connectivity index (χ2n) is 5.44. The number of fused-ring (bicyclic) bond motifs is 1. The lowest BCUT2D eigenvalue weighted by Crippen LogP contribution is -2.33. The molecule has 10 heteroatoms. The summed E-state index contributed by atoms with van der Waals surface area (Å²) in [5, 5.41) is 28.5. The zero-order valence-electron chi connectivity index (χ0n) is 14.3. The number of anilines is 1.